The molecule has 0 spiro atoms. The predicted octanol–water partition coefficient (Wildman–Crippen LogP) is 1.99. The van der Waals surface area contributed by atoms with E-state index in [-0.39, 0.29) is 6.04 Å². The summed E-state index contributed by atoms with van der Waals surface area (Å²) in [6.07, 6.45) is 2.21. The molecule has 6 nitrogen and oxygen atoms in total. The fraction of sp³-hybridized carbons (Fsp3) is 0.533. The zero-order valence-electron chi connectivity index (χ0n) is 13.1. The lowest BCUT2D eigenvalue weighted by molar-refractivity contribution is -0.141. The maximum Gasteiger partial charge on any atom is 0.406 e. The Morgan fingerprint density at radius 2 is 2.17 bits per heavy atom. The van der Waals surface area contributed by atoms with Gasteiger partial charge in [0.2, 0.25) is 0 Å². The molecule has 3 rings (SSSR count). The second kappa shape index (κ2) is 7.16. The number of alkyl halides is 3. The summed E-state index contributed by atoms with van der Waals surface area (Å²) in [5.74, 6) is 1.22. The van der Waals surface area contributed by atoms with E-state index in [0.29, 0.717) is 18.9 Å². The van der Waals surface area contributed by atoms with Crippen molar-refractivity contribution in [3.05, 3.63) is 36.5 Å². The van der Waals surface area contributed by atoms with E-state index in [2.05, 4.69) is 25.4 Å². The van der Waals surface area contributed by atoms with Crippen LogP contribution in [0, 0.1) is 0 Å². The molecule has 1 aliphatic rings. The zero-order chi connectivity index (χ0) is 17.0. The van der Waals surface area contributed by atoms with E-state index in [1.165, 1.54) is 12.4 Å². The van der Waals surface area contributed by atoms with Gasteiger partial charge in [-0.1, -0.05) is 0 Å². The van der Waals surface area contributed by atoms with E-state index in [9.17, 15) is 13.2 Å². The van der Waals surface area contributed by atoms with Gasteiger partial charge in [0.1, 0.15) is 12.4 Å². The van der Waals surface area contributed by atoms with Crippen LogP contribution in [0.3, 0.4) is 0 Å². The van der Waals surface area contributed by atoms with Crippen LogP contribution in [-0.4, -0.2) is 45.1 Å². The third kappa shape index (κ3) is 4.22. The number of nitrogens with zero attached hydrogens (tertiary/aromatic N) is 5. The average molecular weight is 340 g/mol. The second-order valence-corrected chi connectivity index (χ2v) is 5.79. The molecular formula is C15H19F3N6. The number of hydrogen-bond donors (Lipinski definition) is 1. The first-order valence-electron chi connectivity index (χ1n) is 7.85. The number of halogens is 3. The number of nitrogens with one attached hydrogen (secondary N) is 1. The predicted molar refractivity (Wildman–Crippen MR) is 82.4 cm³/mol. The molecule has 130 valence electrons. The Morgan fingerprint density at radius 1 is 1.29 bits per heavy atom. The van der Waals surface area contributed by atoms with Crippen molar-refractivity contribution in [2.75, 3.05) is 18.0 Å². The summed E-state index contributed by atoms with van der Waals surface area (Å²) in [6, 6.07) is 4.02. The zero-order valence-corrected chi connectivity index (χ0v) is 13.1. The summed E-state index contributed by atoms with van der Waals surface area (Å²) >= 11 is 0. The van der Waals surface area contributed by atoms with Crippen LogP contribution in [-0.2, 0) is 13.1 Å². The van der Waals surface area contributed by atoms with E-state index < -0.39 is 12.7 Å². The van der Waals surface area contributed by atoms with Crippen LogP contribution in [0.15, 0.2) is 30.7 Å². The molecule has 0 saturated carbocycles. The Labute approximate surface area is 137 Å². The molecule has 24 heavy (non-hydrogen) atoms. The molecule has 0 amide bonds. The van der Waals surface area contributed by atoms with Crippen LogP contribution in [0.25, 0.3) is 0 Å². The van der Waals surface area contributed by atoms with Crippen molar-refractivity contribution in [2.24, 2.45) is 0 Å². The van der Waals surface area contributed by atoms with E-state index in [4.69, 9.17) is 0 Å². The van der Waals surface area contributed by atoms with Crippen LogP contribution >= 0.6 is 0 Å². The minimum atomic E-state index is -4.25. The smallest absolute Gasteiger partial charge is 0.351 e. The van der Waals surface area contributed by atoms with Crippen LogP contribution < -0.4 is 10.2 Å². The highest BCUT2D eigenvalue weighted by Gasteiger charge is 2.29. The minimum absolute atomic E-state index is 0.257. The molecule has 0 aromatic carbocycles. The summed E-state index contributed by atoms with van der Waals surface area (Å²) < 4.78 is 38.7. The van der Waals surface area contributed by atoms with E-state index >= 15 is 0 Å². The maximum absolute atomic E-state index is 12.5. The quantitative estimate of drug-likeness (QED) is 0.872. The van der Waals surface area contributed by atoms with Gasteiger partial charge in [-0.2, -0.15) is 18.3 Å². The van der Waals surface area contributed by atoms with Gasteiger partial charge >= 0.3 is 6.18 Å². The third-order valence-electron chi connectivity index (χ3n) is 4.04. The van der Waals surface area contributed by atoms with Crippen molar-refractivity contribution in [3.8, 4) is 0 Å². The first-order chi connectivity index (χ1) is 11.5. The van der Waals surface area contributed by atoms with Crippen molar-refractivity contribution in [1.29, 1.82) is 0 Å². The van der Waals surface area contributed by atoms with Gasteiger partial charge in [-0.25, -0.2) is 4.98 Å². The normalized spacial score (nSPS) is 18.3. The van der Waals surface area contributed by atoms with Crippen molar-refractivity contribution < 1.29 is 13.2 Å². The molecule has 0 aliphatic carbocycles. The SMILES string of the molecule is FC(F)(F)Cn1ccnc1CNC[C@H]1CCCN1c1cccnn1. The minimum Gasteiger partial charge on any atom is -0.351 e. The van der Waals surface area contributed by atoms with E-state index in [1.807, 2.05) is 12.1 Å². The van der Waals surface area contributed by atoms with Gasteiger partial charge in [-0.3, -0.25) is 0 Å². The molecule has 3 heterocycles. The fourth-order valence-corrected chi connectivity index (χ4v) is 2.99. The highest BCUT2D eigenvalue weighted by Crippen LogP contribution is 2.22. The van der Waals surface area contributed by atoms with Crippen molar-refractivity contribution in [3.63, 3.8) is 0 Å². The topological polar surface area (TPSA) is 58.9 Å². The Kier molecular flexibility index (Phi) is 4.98. The summed E-state index contributed by atoms with van der Waals surface area (Å²) in [7, 11) is 0. The molecule has 1 saturated heterocycles. The van der Waals surface area contributed by atoms with Gasteiger partial charge in [0, 0.05) is 37.7 Å². The van der Waals surface area contributed by atoms with Gasteiger partial charge in [0.15, 0.2) is 5.82 Å². The molecule has 9 heteroatoms. The van der Waals surface area contributed by atoms with Gasteiger partial charge < -0.3 is 14.8 Å². The Morgan fingerprint density at radius 3 is 2.92 bits per heavy atom. The number of anilines is 1. The van der Waals surface area contributed by atoms with Gasteiger partial charge in [-0.05, 0) is 25.0 Å². The largest absolute Gasteiger partial charge is 0.406 e. The first kappa shape index (κ1) is 16.7. The third-order valence-corrected chi connectivity index (χ3v) is 4.04. The molecule has 2 aromatic heterocycles. The standard InChI is InChI=1S/C15H19F3N6/c16-15(17,18)11-23-8-6-20-14(23)10-19-9-12-3-2-7-24(12)13-4-1-5-21-22-13/h1,4-6,8,12,19H,2-3,7,9-11H2/t12-/m1/s1. The lowest BCUT2D eigenvalue weighted by atomic mass is 10.2. The van der Waals surface area contributed by atoms with Crippen LogP contribution in [0.1, 0.15) is 18.7 Å². The van der Waals surface area contributed by atoms with Crippen LogP contribution in [0.5, 0.6) is 0 Å². The summed E-state index contributed by atoms with van der Waals surface area (Å²) in [5.41, 5.74) is 0. The van der Waals surface area contributed by atoms with Crippen LogP contribution in [0.4, 0.5) is 19.0 Å². The molecular weight excluding hydrogens is 321 g/mol. The second-order valence-electron chi connectivity index (χ2n) is 5.79. The van der Waals surface area contributed by atoms with Crippen molar-refractivity contribution in [1.82, 2.24) is 25.1 Å². The summed E-state index contributed by atoms with van der Waals surface area (Å²) in [4.78, 5) is 6.19. The monoisotopic (exact) mass is 340 g/mol. The summed E-state index contributed by atoms with van der Waals surface area (Å²) in [5, 5.41) is 11.2. The van der Waals surface area contributed by atoms with Crippen molar-refractivity contribution >= 4 is 5.82 Å². The molecule has 1 atom stereocenters. The van der Waals surface area contributed by atoms with Gasteiger partial charge in [0.25, 0.3) is 0 Å². The van der Waals surface area contributed by atoms with E-state index in [1.54, 1.807) is 6.20 Å². The number of rotatable bonds is 6. The lowest BCUT2D eigenvalue weighted by Gasteiger charge is -2.25. The average Bonchev–Trinajstić information content (AvgIpc) is 3.17. The number of hydrogen-bond acceptors (Lipinski definition) is 5. The highest BCUT2D eigenvalue weighted by atomic mass is 19.4. The number of imidazole rings is 1. The Bertz CT molecular complexity index is 642. The molecule has 0 radical (unpaired) electrons. The van der Waals surface area contributed by atoms with Gasteiger partial charge in [-0.15, -0.1) is 5.10 Å². The Hall–Kier alpha value is -2.16. The van der Waals surface area contributed by atoms with Crippen molar-refractivity contribution in [2.45, 2.75) is 38.1 Å². The first-order valence-corrected chi connectivity index (χ1v) is 7.85. The highest BCUT2D eigenvalue weighted by molar-refractivity contribution is 5.39. The molecule has 0 bridgehead atoms. The number of aromatic nitrogens is 4. The molecule has 1 fully saturated rings. The Balaban J connectivity index is 1.54. The van der Waals surface area contributed by atoms with E-state index in [0.717, 1.165) is 29.8 Å². The van der Waals surface area contributed by atoms with Gasteiger partial charge in [0.05, 0.1) is 6.54 Å². The molecule has 0 unspecified atom stereocenters. The molecule has 1 N–H and O–H groups in total. The molecule has 2 aromatic rings. The fourth-order valence-electron chi connectivity index (χ4n) is 2.99. The molecule has 1 aliphatic heterocycles. The lowest BCUT2D eigenvalue weighted by Crippen LogP contribution is -2.38. The summed E-state index contributed by atoms with van der Waals surface area (Å²) in [6.45, 7) is 0.857. The van der Waals surface area contributed by atoms with Crippen LogP contribution in [0.2, 0.25) is 0 Å². The maximum atomic E-state index is 12.5.